The van der Waals surface area contributed by atoms with Crippen LogP contribution in [0.1, 0.15) is 47.5 Å². The van der Waals surface area contributed by atoms with Crippen LogP contribution in [0, 0.1) is 26.7 Å². The van der Waals surface area contributed by atoms with Gasteiger partial charge in [0, 0.05) is 49.8 Å². The first-order valence-electron chi connectivity index (χ1n) is 10.4. The predicted molar refractivity (Wildman–Crippen MR) is 112 cm³/mol. The highest BCUT2D eigenvalue weighted by molar-refractivity contribution is 5.81. The number of aromatic nitrogens is 2. The SMILES string of the molecule is Cc1ccc(Cc2c(C)nc(C)nc2N2CCCN(C(=O)C3CC3)CC2)cc1. The van der Waals surface area contributed by atoms with Crippen LogP contribution in [-0.2, 0) is 11.2 Å². The second-order valence-corrected chi connectivity index (χ2v) is 8.26. The molecule has 0 N–H and O–H groups in total. The molecule has 2 aliphatic rings. The Morgan fingerprint density at radius 2 is 1.75 bits per heavy atom. The number of nitrogens with zero attached hydrogens (tertiary/aromatic N) is 4. The van der Waals surface area contributed by atoms with E-state index >= 15 is 0 Å². The van der Waals surface area contributed by atoms with Gasteiger partial charge in [-0.1, -0.05) is 29.8 Å². The van der Waals surface area contributed by atoms with Crippen molar-refractivity contribution < 1.29 is 4.79 Å². The lowest BCUT2D eigenvalue weighted by atomic mass is 10.0. The summed E-state index contributed by atoms with van der Waals surface area (Å²) in [6, 6.07) is 8.70. The normalized spacial score (nSPS) is 17.5. The van der Waals surface area contributed by atoms with Gasteiger partial charge in [-0.3, -0.25) is 4.79 Å². The second-order valence-electron chi connectivity index (χ2n) is 8.26. The maximum Gasteiger partial charge on any atom is 0.225 e. The number of amides is 1. The topological polar surface area (TPSA) is 49.3 Å². The molecular formula is C23H30N4O. The summed E-state index contributed by atoms with van der Waals surface area (Å²) >= 11 is 0. The number of hydrogen-bond acceptors (Lipinski definition) is 4. The van der Waals surface area contributed by atoms with E-state index in [1.54, 1.807) is 0 Å². The first-order valence-corrected chi connectivity index (χ1v) is 10.4. The van der Waals surface area contributed by atoms with E-state index in [-0.39, 0.29) is 0 Å². The molecule has 0 unspecified atom stereocenters. The van der Waals surface area contributed by atoms with E-state index in [9.17, 15) is 4.79 Å². The van der Waals surface area contributed by atoms with Crippen molar-refractivity contribution >= 4 is 11.7 Å². The molecule has 148 valence electrons. The number of hydrogen-bond donors (Lipinski definition) is 0. The van der Waals surface area contributed by atoms with Crippen LogP contribution >= 0.6 is 0 Å². The minimum absolute atomic E-state index is 0.298. The fourth-order valence-corrected chi connectivity index (χ4v) is 4.03. The Balaban J connectivity index is 1.57. The van der Waals surface area contributed by atoms with Gasteiger partial charge in [0.15, 0.2) is 0 Å². The van der Waals surface area contributed by atoms with E-state index < -0.39 is 0 Å². The Hall–Kier alpha value is -2.43. The Morgan fingerprint density at radius 3 is 2.46 bits per heavy atom. The standard InChI is InChI=1S/C23H30N4O/c1-16-5-7-19(8-6-16)15-21-17(2)24-18(3)25-22(21)26-11-4-12-27(14-13-26)23(28)20-9-10-20/h5-8,20H,4,9-15H2,1-3H3. The zero-order chi connectivity index (χ0) is 19.7. The molecule has 0 bridgehead atoms. The summed E-state index contributed by atoms with van der Waals surface area (Å²) in [5, 5.41) is 0. The van der Waals surface area contributed by atoms with Crippen molar-refractivity contribution in [2.75, 3.05) is 31.1 Å². The van der Waals surface area contributed by atoms with Crippen molar-refractivity contribution in [1.82, 2.24) is 14.9 Å². The van der Waals surface area contributed by atoms with E-state index in [0.717, 1.165) is 69.2 Å². The Bertz CT molecular complexity index is 858. The van der Waals surface area contributed by atoms with Gasteiger partial charge < -0.3 is 9.80 Å². The monoisotopic (exact) mass is 378 g/mol. The van der Waals surface area contributed by atoms with Crippen molar-refractivity contribution in [1.29, 1.82) is 0 Å². The zero-order valence-electron chi connectivity index (χ0n) is 17.2. The van der Waals surface area contributed by atoms with Crippen LogP contribution in [0.4, 0.5) is 5.82 Å². The molecule has 5 heteroatoms. The summed E-state index contributed by atoms with van der Waals surface area (Å²) in [4.78, 5) is 26.4. The number of aryl methyl sites for hydroxylation is 3. The molecule has 1 saturated heterocycles. The summed E-state index contributed by atoms with van der Waals surface area (Å²) < 4.78 is 0. The molecule has 1 saturated carbocycles. The van der Waals surface area contributed by atoms with Crippen molar-refractivity contribution in [2.45, 2.75) is 46.5 Å². The molecule has 28 heavy (non-hydrogen) atoms. The molecule has 1 aliphatic heterocycles. The highest BCUT2D eigenvalue weighted by Gasteiger charge is 2.34. The van der Waals surface area contributed by atoms with Crippen LogP contribution < -0.4 is 4.90 Å². The molecule has 1 amide bonds. The summed E-state index contributed by atoms with van der Waals surface area (Å²) in [6.45, 7) is 9.60. The molecule has 0 radical (unpaired) electrons. The maximum absolute atomic E-state index is 12.5. The fraction of sp³-hybridized carbons (Fsp3) is 0.522. The molecule has 4 rings (SSSR count). The molecule has 0 atom stereocenters. The van der Waals surface area contributed by atoms with Crippen molar-refractivity contribution in [2.24, 2.45) is 5.92 Å². The minimum atomic E-state index is 0.298. The van der Waals surface area contributed by atoms with Crippen LogP contribution in [0.2, 0.25) is 0 Å². The van der Waals surface area contributed by atoms with Crippen molar-refractivity contribution in [3.63, 3.8) is 0 Å². The van der Waals surface area contributed by atoms with Crippen molar-refractivity contribution in [3.05, 3.63) is 52.5 Å². The third-order valence-electron chi connectivity index (χ3n) is 5.84. The molecule has 2 fully saturated rings. The van der Waals surface area contributed by atoms with Gasteiger partial charge in [-0.15, -0.1) is 0 Å². The molecule has 2 aromatic rings. The van der Waals surface area contributed by atoms with Gasteiger partial charge in [-0.25, -0.2) is 9.97 Å². The largest absolute Gasteiger partial charge is 0.354 e. The number of rotatable bonds is 4. The van der Waals surface area contributed by atoms with Gasteiger partial charge in [-0.2, -0.15) is 0 Å². The van der Waals surface area contributed by atoms with Gasteiger partial charge in [0.05, 0.1) is 0 Å². The average molecular weight is 379 g/mol. The van der Waals surface area contributed by atoms with Crippen LogP contribution in [0.15, 0.2) is 24.3 Å². The molecule has 5 nitrogen and oxygen atoms in total. The predicted octanol–water partition coefficient (Wildman–Crippen LogP) is 3.44. The molecule has 1 aromatic carbocycles. The quantitative estimate of drug-likeness (QED) is 0.818. The summed E-state index contributed by atoms with van der Waals surface area (Å²) in [5.74, 6) is 2.52. The Morgan fingerprint density at radius 1 is 1.00 bits per heavy atom. The number of anilines is 1. The van der Waals surface area contributed by atoms with Crippen molar-refractivity contribution in [3.8, 4) is 0 Å². The minimum Gasteiger partial charge on any atom is -0.354 e. The maximum atomic E-state index is 12.5. The zero-order valence-corrected chi connectivity index (χ0v) is 17.2. The van der Waals surface area contributed by atoms with E-state index in [1.165, 1.54) is 16.7 Å². The van der Waals surface area contributed by atoms with Gasteiger partial charge >= 0.3 is 0 Å². The van der Waals surface area contributed by atoms with Crippen LogP contribution in [-0.4, -0.2) is 47.0 Å². The summed E-state index contributed by atoms with van der Waals surface area (Å²) in [7, 11) is 0. The van der Waals surface area contributed by atoms with E-state index in [2.05, 4.69) is 52.9 Å². The fourth-order valence-electron chi connectivity index (χ4n) is 4.03. The smallest absolute Gasteiger partial charge is 0.225 e. The van der Waals surface area contributed by atoms with Crippen LogP contribution in [0.3, 0.4) is 0 Å². The average Bonchev–Trinajstić information content (AvgIpc) is 3.51. The van der Waals surface area contributed by atoms with E-state index in [4.69, 9.17) is 4.98 Å². The number of carbonyl (C=O) groups is 1. The third kappa shape index (κ3) is 4.18. The number of carbonyl (C=O) groups excluding carboxylic acids is 1. The summed E-state index contributed by atoms with van der Waals surface area (Å²) in [5.41, 5.74) is 4.81. The van der Waals surface area contributed by atoms with Crippen LogP contribution in [0.25, 0.3) is 0 Å². The second kappa shape index (κ2) is 7.90. The van der Waals surface area contributed by atoms with Crippen LogP contribution in [0.5, 0.6) is 0 Å². The third-order valence-corrected chi connectivity index (χ3v) is 5.84. The molecule has 1 aliphatic carbocycles. The number of benzene rings is 1. The van der Waals surface area contributed by atoms with E-state index in [1.807, 2.05) is 6.92 Å². The lowest BCUT2D eigenvalue weighted by molar-refractivity contribution is -0.132. The Labute approximate surface area is 167 Å². The highest BCUT2D eigenvalue weighted by Crippen LogP contribution is 2.32. The van der Waals surface area contributed by atoms with Gasteiger partial charge in [0.2, 0.25) is 5.91 Å². The highest BCUT2D eigenvalue weighted by atomic mass is 16.2. The molecule has 1 aromatic heterocycles. The summed E-state index contributed by atoms with van der Waals surface area (Å²) in [6.07, 6.45) is 3.97. The van der Waals surface area contributed by atoms with Gasteiger partial charge in [0.25, 0.3) is 0 Å². The van der Waals surface area contributed by atoms with E-state index in [0.29, 0.717) is 11.8 Å². The molecule has 0 spiro atoms. The lowest BCUT2D eigenvalue weighted by Crippen LogP contribution is -2.36. The van der Waals surface area contributed by atoms with Gasteiger partial charge in [-0.05, 0) is 45.6 Å². The van der Waals surface area contributed by atoms with Gasteiger partial charge in [0.1, 0.15) is 11.6 Å². The Kier molecular flexibility index (Phi) is 5.33. The molecular weight excluding hydrogens is 348 g/mol. The first kappa shape index (κ1) is 18.9. The lowest BCUT2D eigenvalue weighted by Gasteiger charge is -2.26. The first-order chi connectivity index (χ1) is 13.5. The molecule has 2 heterocycles.